The van der Waals surface area contributed by atoms with Gasteiger partial charge in [-0.3, -0.25) is 0 Å². The summed E-state index contributed by atoms with van der Waals surface area (Å²) >= 11 is 0. The lowest BCUT2D eigenvalue weighted by atomic mass is 9.84. The Morgan fingerprint density at radius 2 is 1.94 bits per heavy atom. The lowest BCUT2D eigenvalue weighted by Gasteiger charge is -2.25. The third kappa shape index (κ3) is 3.70. The molecule has 0 saturated carbocycles. The summed E-state index contributed by atoms with van der Waals surface area (Å²) in [6, 6.07) is 3.41. The number of anilines is 1. The minimum Gasteiger partial charge on any atom is -0.382 e. The number of hydrogen-bond acceptors (Lipinski definition) is 2. The first kappa shape index (κ1) is 15.0. The molecule has 0 aliphatic rings. The van der Waals surface area contributed by atoms with Gasteiger partial charge in [-0.1, -0.05) is 26.8 Å². The molecular weight excluding hydrogens is 229 g/mol. The molecule has 3 heteroatoms. The number of nitrogens with one attached hydrogen (secondary N) is 1. The van der Waals surface area contributed by atoms with Crippen molar-refractivity contribution in [2.24, 2.45) is 0 Å². The molecule has 0 bridgehead atoms. The average Bonchev–Trinajstić information content (AvgIpc) is 2.28. The van der Waals surface area contributed by atoms with E-state index in [4.69, 9.17) is 4.74 Å². The quantitative estimate of drug-likeness (QED) is 0.804. The van der Waals surface area contributed by atoms with Crippen molar-refractivity contribution >= 4 is 5.69 Å². The molecule has 1 N–H and O–H groups in total. The largest absolute Gasteiger partial charge is 0.382 e. The van der Waals surface area contributed by atoms with E-state index in [0.29, 0.717) is 25.3 Å². The van der Waals surface area contributed by atoms with E-state index < -0.39 is 0 Å². The zero-order valence-electron chi connectivity index (χ0n) is 12.1. The van der Waals surface area contributed by atoms with Gasteiger partial charge in [0, 0.05) is 24.4 Å². The van der Waals surface area contributed by atoms with Crippen LogP contribution in [0.5, 0.6) is 0 Å². The van der Waals surface area contributed by atoms with Crippen LogP contribution in [0.4, 0.5) is 10.1 Å². The molecule has 1 aromatic rings. The number of benzene rings is 1. The molecule has 0 spiro atoms. The van der Waals surface area contributed by atoms with Gasteiger partial charge in [0.05, 0.1) is 6.61 Å². The number of ether oxygens (including phenoxy) is 1. The second kappa shape index (κ2) is 6.19. The Balaban J connectivity index is 2.95. The van der Waals surface area contributed by atoms with Gasteiger partial charge in [-0.25, -0.2) is 4.39 Å². The van der Waals surface area contributed by atoms with Gasteiger partial charge in [0.25, 0.3) is 0 Å². The van der Waals surface area contributed by atoms with E-state index in [-0.39, 0.29) is 11.2 Å². The van der Waals surface area contributed by atoms with Crippen molar-refractivity contribution in [1.29, 1.82) is 0 Å². The van der Waals surface area contributed by atoms with Crippen LogP contribution in [0.25, 0.3) is 0 Å². The summed E-state index contributed by atoms with van der Waals surface area (Å²) in [6.45, 7) is 12.2. The number of rotatable bonds is 5. The van der Waals surface area contributed by atoms with E-state index in [0.717, 1.165) is 11.3 Å². The van der Waals surface area contributed by atoms with Crippen LogP contribution in [0, 0.1) is 12.7 Å². The number of hydrogen-bond donors (Lipinski definition) is 1. The maximum absolute atomic E-state index is 13.7. The highest BCUT2D eigenvalue weighted by molar-refractivity contribution is 5.60. The smallest absolute Gasteiger partial charge is 0.128 e. The van der Waals surface area contributed by atoms with E-state index in [2.05, 4.69) is 26.1 Å². The number of halogens is 1. The highest BCUT2D eigenvalue weighted by Crippen LogP contribution is 2.33. The summed E-state index contributed by atoms with van der Waals surface area (Å²) in [6.07, 6.45) is 0. The predicted molar refractivity (Wildman–Crippen MR) is 74.8 cm³/mol. The Morgan fingerprint density at radius 1 is 1.28 bits per heavy atom. The topological polar surface area (TPSA) is 21.3 Å². The minimum atomic E-state index is -0.165. The molecular formula is C15H24FNO. The van der Waals surface area contributed by atoms with Gasteiger partial charge >= 0.3 is 0 Å². The second-order valence-electron chi connectivity index (χ2n) is 5.47. The van der Waals surface area contributed by atoms with Crippen molar-refractivity contribution in [2.75, 3.05) is 25.1 Å². The molecule has 0 aliphatic heterocycles. The summed E-state index contributed by atoms with van der Waals surface area (Å²) in [5.41, 5.74) is 2.71. The van der Waals surface area contributed by atoms with Crippen LogP contribution in [-0.4, -0.2) is 19.8 Å². The van der Waals surface area contributed by atoms with E-state index in [1.807, 2.05) is 19.9 Å². The van der Waals surface area contributed by atoms with Gasteiger partial charge in [0.2, 0.25) is 0 Å². The van der Waals surface area contributed by atoms with Crippen molar-refractivity contribution < 1.29 is 9.13 Å². The van der Waals surface area contributed by atoms with Crippen molar-refractivity contribution in [1.82, 2.24) is 0 Å². The normalized spacial score (nSPS) is 11.7. The van der Waals surface area contributed by atoms with Gasteiger partial charge < -0.3 is 10.1 Å². The molecule has 0 saturated heterocycles. The van der Waals surface area contributed by atoms with Crippen molar-refractivity contribution in [2.45, 2.75) is 40.0 Å². The zero-order valence-corrected chi connectivity index (χ0v) is 12.1. The molecule has 0 heterocycles. The SMILES string of the molecule is CCOCCNc1c(C(C)(C)C)ccc(F)c1C. The molecule has 0 amide bonds. The molecule has 102 valence electrons. The van der Waals surface area contributed by atoms with Crippen LogP contribution in [-0.2, 0) is 10.2 Å². The van der Waals surface area contributed by atoms with Gasteiger partial charge in [-0.15, -0.1) is 0 Å². The lowest BCUT2D eigenvalue weighted by molar-refractivity contribution is 0.158. The van der Waals surface area contributed by atoms with Crippen molar-refractivity contribution in [3.05, 3.63) is 29.1 Å². The highest BCUT2D eigenvalue weighted by atomic mass is 19.1. The van der Waals surface area contributed by atoms with Crippen LogP contribution < -0.4 is 5.32 Å². The first-order valence-electron chi connectivity index (χ1n) is 6.49. The molecule has 18 heavy (non-hydrogen) atoms. The molecule has 0 aromatic heterocycles. The molecule has 0 atom stereocenters. The molecule has 0 radical (unpaired) electrons. The maximum atomic E-state index is 13.7. The monoisotopic (exact) mass is 253 g/mol. The van der Waals surface area contributed by atoms with Crippen molar-refractivity contribution in [3.8, 4) is 0 Å². The van der Waals surface area contributed by atoms with Crippen LogP contribution in [0.2, 0.25) is 0 Å². The van der Waals surface area contributed by atoms with Gasteiger partial charge in [-0.2, -0.15) is 0 Å². The standard InChI is InChI=1S/C15H24FNO/c1-6-18-10-9-17-14-11(2)13(16)8-7-12(14)15(3,4)5/h7-8,17H,6,9-10H2,1-5H3. The lowest BCUT2D eigenvalue weighted by Crippen LogP contribution is -2.18. The maximum Gasteiger partial charge on any atom is 0.128 e. The Hall–Kier alpha value is -1.09. The summed E-state index contributed by atoms with van der Waals surface area (Å²) in [5, 5.41) is 3.30. The van der Waals surface area contributed by atoms with Crippen LogP contribution in [0.1, 0.15) is 38.8 Å². The summed E-state index contributed by atoms with van der Waals surface area (Å²) in [5.74, 6) is -0.165. The van der Waals surface area contributed by atoms with Gasteiger partial charge in [-0.05, 0) is 30.9 Å². The molecule has 2 nitrogen and oxygen atoms in total. The molecule has 1 aromatic carbocycles. The molecule has 0 fully saturated rings. The fourth-order valence-corrected chi connectivity index (χ4v) is 1.93. The Labute approximate surface area is 110 Å². The van der Waals surface area contributed by atoms with Gasteiger partial charge in [0.1, 0.15) is 5.82 Å². The fraction of sp³-hybridized carbons (Fsp3) is 0.600. The summed E-state index contributed by atoms with van der Waals surface area (Å²) in [7, 11) is 0. The van der Waals surface area contributed by atoms with E-state index >= 15 is 0 Å². The predicted octanol–water partition coefficient (Wildman–Crippen LogP) is 3.88. The molecule has 0 aliphatic carbocycles. The average molecular weight is 253 g/mol. The second-order valence-corrected chi connectivity index (χ2v) is 5.47. The van der Waals surface area contributed by atoms with Crippen LogP contribution in [0.3, 0.4) is 0 Å². The van der Waals surface area contributed by atoms with E-state index in [9.17, 15) is 4.39 Å². The van der Waals surface area contributed by atoms with Gasteiger partial charge in [0.15, 0.2) is 0 Å². The minimum absolute atomic E-state index is 0.00753. The third-order valence-corrected chi connectivity index (χ3v) is 2.96. The fourth-order valence-electron chi connectivity index (χ4n) is 1.93. The molecule has 1 rings (SSSR count). The Morgan fingerprint density at radius 3 is 2.50 bits per heavy atom. The van der Waals surface area contributed by atoms with E-state index in [1.54, 1.807) is 6.07 Å². The third-order valence-electron chi connectivity index (χ3n) is 2.96. The Bertz CT molecular complexity index is 396. The first-order chi connectivity index (χ1) is 8.38. The Kier molecular flexibility index (Phi) is 5.15. The summed E-state index contributed by atoms with van der Waals surface area (Å²) in [4.78, 5) is 0. The zero-order chi connectivity index (χ0) is 13.8. The highest BCUT2D eigenvalue weighted by Gasteiger charge is 2.20. The summed E-state index contributed by atoms with van der Waals surface area (Å²) < 4.78 is 18.9. The van der Waals surface area contributed by atoms with Crippen LogP contribution in [0.15, 0.2) is 12.1 Å². The van der Waals surface area contributed by atoms with Crippen LogP contribution >= 0.6 is 0 Å². The van der Waals surface area contributed by atoms with Crippen molar-refractivity contribution in [3.63, 3.8) is 0 Å². The first-order valence-corrected chi connectivity index (χ1v) is 6.49. The van der Waals surface area contributed by atoms with E-state index in [1.165, 1.54) is 0 Å². The molecule has 0 unspecified atom stereocenters.